The molecule has 3 heteroatoms. The Kier molecular flexibility index (Phi) is 2.63. The fourth-order valence-corrected chi connectivity index (χ4v) is 1.36. The molecule has 1 amide bonds. The number of amides is 1. The topological polar surface area (TPSA) is 37.4 Å². The predicted octanol–water partition coefficient (Wildman–Crippen LogP) is 0.444. The minimum Gasteiger partial charge on any atom is -0.345 e. The van der Waals surface area contributed by atoms with Gasteiger partial charge in [-0.2, -0.15) is 0 Å². The van der Waals surface area contributed by atoms with Crippen LogP contribution >= 0.6 is 0 Å². The van der Waals surface area contributed by atoms with Gasteiger partial charge in [0.15, 0.2) is 0 Å². The molecule has 0 bridgehead atoms. The predicted molar refractivity (Wildman–Crippen MR) is 41.0 cm³/mol. The number of hydrogen-bond acceptors (Lipinski definition) is 2. The number of nitrogens with zero attached hydrogens (tertiary/aromatic N) is 1. The van der Waals surface area contributed by atoms with Gasteiger partial charge in [0.2, 0.25) is 5.91 Å². The third-order valence-corrected chi connectivity index (χ3v) is 2.12. The normalized spacial score (nSPS) is 26.5. The van der Waals surface area contributed by atoms with E-state index in [9.17, 15) is 9.59 Å². The van der Waals surface area contributed by atoms with Gasteiger partial charge in [-0.1, -0.05) is 6.42 Å². The van der Waals surface area contributed by atoms with Crippen LogP contribution in [0.15, 0.2) is 0 Å². The highest BCUT2D eigenvalue weighted by Gasteiger charge is 2.23. The quantitative estimate of drug-likeness (QED) is 0.407. The van der Waals surface area contributed by atoms with Crippen molar-refractivity contribution in [1.82, 2.24) is 4.90 Å². The van der Waals surface area contributed by atoms with Gasteiger partial charge >= 0.3 is 0 Å². The number of hydrogen-bond donors (Lipinski definition) is 0. The van der Waals surface area contributed by atoms with Crippen molar-refractivity contribution in [3.8, 4) is 0 Å². The van der Waals surface area contributed by atoms with Gasteiger partial charge < -0.3 is 9.69 Å². The van der Waals surface area contributed by atoms with Gasteiger partial charge in [-0.05, 0) is 12.8 Å². The zero-order valence-electron chi connectivity index (χ0n) is 6.75. The Balaban J connectivity index is 2.63. The van der Waals surface area contributed by atoms with E-state index in [1.807, 2.05) is 0 Å². The second kappa shape index (κ2) is 3.51. The minimum atomic E-state index is -0.373. The van der Waals surface area contributed by atoms with E-state index >= 15 is 0 Å². The van der Waals surface area contributed by atoms with Crippen LogP contribution in [-0.2, 0) is 9.59 Å². The molecule has 0 aromatic carbocycles. The van der Waals surface area contributed by atoms with Gasteiger partial charge in [-0.25, -0.2) is 0 Å². The van der Waals surface area contributed by atoms with Crippen molar-refractivity contribution in [1.29, 1.82) is 0 Å². The third-order valence-electron chi connectivity index (χ3n) is 2.12. The van der Waals surface area contributed by atoms with E-state index in [1.165, 1.54) is 0 Å². The summed E-state index contributed by atoms with van der Waals surface area (Å²) < 4.78 is 0. The Morgan fingerprint density at radius 1 is 1.55 bits per heavy atom. The van der Waals surface area contributed by atoms with Crippen LogP contribution in [0.4, 0.5) is 0 Å². The molecule has 0 N–H and O–H groups in total. The lowest BCUT2D eigenvalue weighted by Gasteiger charge is -2.15. The lowest BCUT2D eigenvalue weighted by molar-refractivity contribution is -0.136. The molecule has 1 saturated heterocycles. The van der Waals surface area contributed by atoms with Crippen molar-refractivity contribution in [3.63, 3.8) is 0 Å². The largest absolute Gasteiger partial charge is 0.345 e. The van der Waals surface area contributed by atoms with E-state index in [2.05, 4.69) is 0 Å². The number of aldehydes is 1. The molecule has 0 radical (unpaired) electrons. The van der Waals surface area contributed by atoms with Crippen LogP contribution in [0.3, 0.4) is 0 Å². The van der Waals surface area contributed by atoms with Gasteiger partial charge in [0, 0.05) is 13.6 Å². The summed E-state index contributed by atoms with van der Waals surface area (Å²) in [6.07, 6.45) is 3.50. The summed E-state index contributed by atoms with van der Waals surface area (Å²) in [5.74, 6) is -0.389. The maximum absolute atomic E-state index is 11.3. The van der Waals surface area contributed by atoms with Gasteiger partial charge in [0.05, 0.1) is 5.92 Å². The molecule has 0 aliphatic carbocycles. The average Bonchev–Trinajstić information content (AvgIpc) is 2.16. The van der Waals surface area contributed by atoms with Crippen molar-refractivity contribution >= 4 is 12.2 Å². The van der Waals surface area contributed by atoms with Crippen LogP contribution in [-0.4, -0.2) is 30.7 Å². The van der Waals surface area contributed by atoms with Crippen molar-refractivity contribution in [2.45, 2.75) is 19.3 Å². The zero-order valence-corrected chi connectivity index (χ0v) is 6.75. The maximum Gasteiger partial charge on any atom is 0.232 e. The maximum atomic E-state index is 11.3. The highest BCUT2D eigenvalue weighted by atomic mass is 16.2. The first kappa shape index (κ1) is 8.24. The Morgan fingerprint density at radius 2 is 2.27 bits per heavy atom. The van der Waals surface area contributed by atoms with Gasteiger partial charge in [0.1, 0.15) is 6.29 Å². The van der Waals surface area contributed by atoms with Crippen LogP contribution in [0.1, 0.15) is 19.3 Å². The third kappa shape index (κ3) is 1.79. The molecule has 62 valence electrons. The summed E-state index contributed by atoms with van der Waals surface area (Å²) in [7, 11) is 1.75. The molecule has 1 aliphatic heterocycles. The second-order valence-corrected chi connectivity index (χ2v) is 3.00. The first-order valence-corrected chi connectivity index (χ1v) is 3.96. The summed E-state index contributed by atoms with van der Waals surface area (Å²) >= 11 is 0. The van der Waals surface area contributed by atoms with Crippen molar-refractivity contribution in [2.75, 3.05) is 13.6 Å². The first-order chi connectivity index (χ1) is 5.25. The summed E-state index contributed by atoms with van der Waals surface area (Å²) in [6.45, 7) is 0.795. The lowest BCUT2D eigenvalue weighted by Crippen LogP contribution is -2.31. The molecule has 0 aromatic rings. The summed E-state index contributed by atoms with van der Waals surface area (Å²) in [4.78, 5) is 23.3. The molecule has 1 aliphatic rings. The fourth-order valence-electron chi connectivity index (χ4n) is 1.36. The Bertz CT molecular complexity index is 167. The van der Waals surface area contributed by atoms with Crippen molar-refractivity contribution in [2.24, 2.45) is 5.92 Å². The molecular formula is C8H13NO2. The van der Waals surface area contributed by atoms with Crippen LogP contribution < -0.4 is 0 Å². The summed E-state index contributed by atoms with van der Waals surface area (Å²) in [6, 6.07) is 0. The Labute approximate surface area is 66.4 Å². The SMILES string of the molecule is CN1CCCC[C@@H](C=O)C1=O. The second-order valence-electron chi connectivity index (χ2n) is 3.00. The zero-order chi connectivity index (χ0) is 8.27. The molecule has 0 unspecified atom stereocenters. The monoisotopic (exact) mass is 155 g/mol. The van der Waals surface area contributed by atoms with E-state index in [0.717, 1.165) is 32.1 Å². The highest BCUT2D eigenvalue weighted by molar-refractivity contribution is 5.91. The molecule has 0 saturated carbocycles. The fraction of sp³-hybridized carbons (Fsp3) is 0.750. The number of carbonyl (C=O) groups is 2. The average molecular weight is 155 g/mol. The first-order valence-electron chi connectivity index (χ1n) is 3.96. The van der Waals surface area contributed by atoms with E-state index in [1.54, 1.807) is 11.9 Å². The van der Waals surface area contributed by atoms with Crippen LogP contribution in [0.5, 0.6) is 0 Å². The molecule has 0 aromatic heterocycles. The molecule has 1 heterocycles. The smallest absolute Gasteiger partial charge is 0.232 e. The molecule has 1 rings (SSSR count). The van der Waals surface area contributed by atoms with Crippen molar-refractivity contribution in [3.05, 3.63) is 0 Å². The summed E-state index contributed by atoms with van der Waals surface area (Å²) in [5, 5.41) is 0. The van der Waals surface area contributed by atoms with E-state index < -0.39 is 0 Å². The van der Waals surface area contributed by atoms with Gasteiger partial charge in [-0.15, -0.1) is 0 Å². The molecule has 3 nitrogen and oxygen atoms in total. The number of carbonyl (C=O) groups excluding carboxylic acids is 2. The molecular weight excluding hydrogens is 142 g/mol. The molecule has 11 heavy (non-hydrogen) atoms. The Morgan fingerprint density at radius 3 is 2.91 bits per heavy atom. The lowest BCUT2D eigenvalue weighted by atomic mass is 10.1. The van der Waals surface area contributed by atoms with Gasteiger partial charge in [0.25, 0.3) is 0 Å². The Hall–Kier alpha value is -0.860. The van der Waals surface area contributed by atoms with Crippen molar-refractivity contribution < 1.29 is 9.59 Å². The van der Waals surface area contributed by atoms with E-state index in [-0.39, 0.29) is 11.8 Å². The van der Waals surface area contributed by atoms with Crippen LogP contribution in [0.25, 0.3) is 0 Å². The van der Waals surface area contributed by atoms with Crippen LogP contribution in [0, 0.1) is 5.92 Å². The molecule has 1 fully saturated rings. The van der Waals surface area contributed by atoms with E-state index in [4.69, 9.17) is 0 Å². The standard InChI is InChI=1S/C8H13NO2/c1-9-5-3-2-4-7(6-10)8(9)11/h6-7H,2-5H2,1H3/t7-/m0/s1. The summed E-state index contributed by atoms with van der Waals surface area (Å²) in [5.41, 5.74) is 0. The number of rotatable bonds is 1. The number of likely N-dealkylation sites (tertiary alicyclic amines) is 1. The molecule has 0 spiro atoms. The van der Waals surface area contributed by atoms with Crippen LogP contribution in [0.2, 0.25) is 0 Å². The van der Waals surface area contributed by atoms with Gasteiger partial charge in [-0.3, -0.25) is 4.79 Å². The minimum absolute atomic E-state index is 0.0162. The van der Waals surface area contributed by atoms with E-state index in [0.29, 0.717) is 0 Å². The highest BCUT2D eigenvalue weighted by Crippen LogP contribution is 2.14. The molecule has 1 atom stereocenters.